The predicted octanol–water partition coefficient (Wildman–Crippen LogP) is 3.53. The molecule has 0 bridgehead atoms. The average Bonchev–Trinajstić information content (AvgIpc) is 2.97. The molecular weight excluding hydrogens is 246 g/mol. The van der Waals surface area contributed by atoms with Crippen molar-refractivity contribution in [2.24, 2.45) is 0 Å². The van der Waals surface area contributed by atoms with Crippen LogP contribution in [0.3, 0.4) is 0 Å². The molecule has 4 heteroatoms. The number of amides is 1. The first-order chi connectivity index (χ1) is 8.70. The van der Waals surface area contributed by atoms with Gasteiger partial charge < -0.3 is 9.73 Å². The Morgan fingerprint density at radius 2 is 2.33 bits per heavy atom. The summed E-state index contributed by atoms with van der Waals surface area (Å²) in [6, 6.07) is 5.67. The molecule has 0 aromatic carbocycles. The third-order valence-corrected chi connectivity index (χ3v) is 3.86. The third kappa shape index (κ3) is 3.01. The van der Waals surface area contributed by atoms with Gasteiger partial charge in [0.05, 0.1) is 17.7 Å². The summed E-state index contributed by atoms with van der Waals surface area (Å²) in [5.74, 6) is 0.743. The summed E-state index contributed by atoms with van der Waals surface area (Å²) in [4.78, 5) is 14.0. The number of nitrogens with one attached hydrogen (secondary N) is 1. The second-order valence-electron chi connectivity index (χ2n) is 4.20. The number of aryl methyl sites for hydroxylation is 2. The lowest BCUT2D eigenvalue weighted by Gasteiger charge is -2.00. The van der Waals surface area contributed by atoms with E-state index in [2.05, 4.69) is 19.2 Å². The number of rotatable bonds is 5. The highest BCUT2D eigenvalue weighted by molar-refractivity contribution is 7.14. The van der Waals surface area contributed by atoms with E-state index in [1.807, 2.05) is 18.2 Å². The van der Waals surface area contributed by atoms with Crippen molar-refractivity contribution in [1.82, 2.24) is 5.32 Å². The summed E-state index contributed by atoms with van der Waals surface area (Å²) < 4.78 is 5.18. The molecule has 2 aromatic rings. The maximum Gasteiger partial charge on any atom is 0.261 e. The van der Waals surface area contributed by atoms with E-state index in [-0.39, 0.29) is 5.91 Å². The lowest BCUT2D eigenvalue weighted by atomic mass is 10.1. The zero-order valence-electron chi connectivity index (χ0n) is 10.7. The molecule has 1 amide bonds. The van der Waals surface area contributed by atoms with Crippen LogP contribution in [-0.2, 0) is 13.0 Å². The Bertz CT molecular complexity index is 514. The molecule has 18 heavy (non-hydrogen) atoms. The molecule has 0 unspecified atom stereocenters. The first-order valence-corrected chi connectivity index (χ1v) is 6.92. The van der Waals surface area contributed by atoms with Crippen LogP contribution < -0.4 is 5.32 Å². The van der Waals surface area contributed by atoms with Crippen LogP contribution in [0, 0.1) is 6.92 Å². The summed E-state index contributed by atoms with van der Waals surface area (Å²) >= 11 is 1.56. The van der Waals surface area contributed by atoms with E-state index in [1.165, 1.54) is 10.4 Å². The highest BCUT2D eigenvalue weighted by Gasteiger charge is 2.12. The van der Waals surface area contributed by atoms with Gasteiger partial charge in [0.1, 0.15) is 5.76 Å². The SMILES string of the molecule is CCCc1cc(C(=O)NCc2ccco2)sc1C. The molecule has 2 aromatic heterocycles. The van der Waals surface area contributed by atoms with Crippen LogP contribution in [0.1, 0.15) is 39.2 Å². The second-order valence-corrected chi connectivity index (χ2v) is 5.46. The van der Waals surface area contributed by atoms with Crippen LogP contribution in [0.15, 0.2) is 28.9 Å². The molecule has 0 saturated heterocycles. The molecule has 96 valence electrons. The third-order valence-electron chi connectivity index (χ3n) is 2.77. The molecule has 0 aliphatic heterocycles. The highest BCUT2D eigenvalue weighted by atomic mass is 32.1. The van der Waals surface area contributed by atoms with Crippen LogP contribution in [0.2, 0.25) is 0 Å². The molecule has 0 aliphatic rings. The lowest BCUT2D eigenvalue weighted by molar-refractivity contribution is 0.0952. The molecule has 0 fully saturated rings. The van der Waals surface area contributed by atoms with Gasteiger partial charge in [0.25, 0.3) is 5.91 Å². The van der Waals surface area contributed by atoms with E-state index < -0.39 is 0 Å². The molecule has 1 N–H and O–H groups in total. The lowest BCUT2D eigenvalue weighted by Crippen LogP contribution is -2.21. The second kappa shape index (κ2) is 5.87. The Balaban J connectivity index is 1.98. The van der Waals surface area contributed by atoms with Gasteiger partial charge in [-0.1, -0.05) is 13.3 Å². The van der Waals surface area contributed by atoms with Crippen molar-refractivity contribution < 1.29 is 9.21 Å². The summed E-state index contributed by atoms with van der Waals surface area (Å²) in [5, 5.41) is 2.86. The smallest absolute Gasteiger partial charge is 0.261 e. The fourth-order valence-electron chi connectivity index (χ4n) is 1.82. The van der Waals surface area contributed by atoms with Gasteiger partial charge in [0.2, 0.25) is 0 Å². The molecule has 3 nitrogen and oxygen atoms in total. The van der Waals surface area contributed by atoms with Crippen molar-refractivity contribution in [3.63, 3.8) is 0 Å². The number of carbonyl (C=O) groups is 1. The van der Waals surface area contributed by atoms with Gasteiger partial charge in [-0.15, -0.1) is 11.3 Å². The minimum absolute atomic E-state index is 0.0261. The van der Waals surface area contributed by atoms with Crippen LogP contribution >= 0.6 is 11.3 Å². The first kappa shape index (κ1) is 12.9. The van der Waals surface area contributed by atoms with Gasteiger partial charge in [0.15, 0.2) is 0 Å². The van der Waals surface area contributed by atoms with E-state index in [4.69, 9.17) is 4.42 Å². The van der Waals surface area contributed by atoms with Crippen molar-refractivity contribution in [1.29, 1.82) is 0 Å². The van der Waals surface area contributed by atoms with Gasteiger partial charge in [-0.2, -0.15) is 0 Å². The van der Waals surface area contributed by atoms with Crippen molar-refractivity contribution >= 4 is 17.2 Å². The normalized spacial score (nSPS) is 10.6. The Hall–Kier alpha value is -1.55. The number of hydrogen-bond acceptors (Lipinski definition) is 3. The van der Waals surface area contributed by atoms with Gasteiger partial charge in [-0.05, 0) is 37.1 Å². The Kier molecular flexibility index (Phi) is 4.20. The van der Waals surface area contributed by atoms with E-state index in [0.717, 1.165) is 23.5 Å². The van der Waals surface area contributed by atoms with Crippen LogP contribution in [-0.4, -0.2) is 5.91 Å². The Morgan fingerprint density at radius 3 is 3.00 bits per heavy atom. The molecule has 0 radical (unpaired) electrons. The van der Waals surface area contributed by atoms with Crippen LogP contribution in [0.4, 0.5) is 0 Å². The quantitative estimate of drug-likeness (QED) is 0.896. The van der Waals surface area contributed by atoms with E-state index in [0.29, 0.717) is 6.54 Å². The monoisotopic (exact) mass is 263 g/mol. The highest BCUT2D eigenvalue weighted by Crippen LogP contribution is 2.22. The minimum Gasteiger partial charge on any atom is -0.467 e. The standard InChI is InChI=1S/C14H17NO2S/c1-3-5-11-8-13(18-10(11)2)14(16)15-9-12-6-4-7-17-12/h4,6-8H,3,5,9H2,1-2H3,(H,15,16). The maximum absolute atomic E-state index is 12.0. The molecule has 0 aliphatic carbocycles. The summed E-state index contributed by atoms with van der Waals surface area (Å²) in [5.41, 5.74) is 1.28. The van der Waals surface area contributed by atoms with Gasteiger partial charge in [-0.25, -0.2) is 0 Å². The maximum atomic E-state index is 12.0. The van der Waals surface area contributed by atoms with Crippen molar-refractivity contribution in [3.8, 4) is 0 Å². The number of carbonyl (C=O) groups excluding carboxylic acids is 1. The molecule has 0 atom stereocenters. The van der Waals surface area contributed by atoms with Gasteiger partial charge in [0, 0.05) is 4.88 Å². The zero-order valence-corrected chi connectivity index (χ0v) is 11.5. The fourth-order valence-corrected chi connectivity index (χ4v) is 2.80. The van der Waals surface area contributed by atoms with Gasteiger partial charge in [-0.3, -0.25) is 4.79 Å². The predicted molar refractivity (Wildman–Crippen MR) is 72.9 cm³/mol. The van der Waals surface area contributed by atoms with Crippen molar-refractivity contribution in [2.45, 2.75) is 33.2 Å². The van der Waals surface area contributed by atoms with E-state index in [1.54, 1.807) is 17.6 Å². The molecule has 0 spiro atoms. The largest absolute Gasteiger partial charge is 0.467 e. The van der Waals surface area contributed by atoms with Crippen molar-refractivity contribution in [2.75, 3.05) is 0 Å². The summed E-state index contributed by atoms with van der Waals surface area (Å²) in [6.45, 7) is 4.65. The van der Waals surface area contributed by atoms with Gasteiger partial charge >= 0.3 is 0 Å². The molecule has 0 saturated carbocycles. The number of furan rings is 1. The van der Waals surface area contributed by atoms with Crippen molar-refractivity contribution in [3.05, 3.63) is 45.5 Å². The number of hydrogen-bond donors (Lipinski definition) is 1. The summed E-state index contributed by atoms with van der Waals surface area (Å²) in [7, 11) is 0. The Morgan fingerprint density at radius 1 is 1.50 bits per heavy atom. The Labute approximate surface area is 111 Å². The first-order valence-electron chi connectivity index (χ1n) is 6.10. The topological polar surface area (TPSA) is 42.2 Å². The molecule has 2 rings (SSSR count). The minimum atomic E-state index is -0.0261. The number of thiophene rings is 1. The molecular formula is C14H17NO2S. The van der Waals surface area contributed by atoms with Crippen LogP contribution in [0.5, 0.6) is 0 Å². The van der Waals surface area contributed by atoms with E-state index in [9.17, 15) is 4.79 Å². The fraction of sp³-hybridized carbons (Fsp3) is 0.357. The van der Waals surface area contributed by atoms with Crippen LogP contribution in [0.25, 0.3) is 0 Å². The van der Waals surface area contributed by atoms with E-state index >= 15 is 0 Å². The average molecular weight is 263 g/mol. The summed E-state index contributed by atoms with van der Waals surface area (Å²) in [6.07, 6.45) is 3.74. The molecule has 2 heterocycles. The zero-order chi connectivity index (χ0) is 13.0.